The molecule has 0 fully saturated rings. The quantitative estimate of drug-likeness (QED) is 0.719. The Morgan fingerprint density at radius 3 is 2.48 bits per heavy atom. The smallest absolute Gasteiger partial charge is 0.254 e. The standard InChI is InChI=1S/C16H25N3O2/c1-5-8-18-13-7-6-11(4)9-12(13)16(21)19-14(10(2)3)15(17)20/h6-7,9-10,14,18H,5,8H2,1-4H3,(H2,17,20)(H,19,21). The molecule has 0 saturated heterocycles. The predicted octanol–water partition coefficient (Wildman–Crippen LogP) is 2.06. The SMILES string of the molecule is CCCNc1ccc(C)cc1C(=O)NC(C(N)=O)C(C)C. The number of carbonyl (C=O) groups excluding carboxylic acids is 2. The van der Waals surface area contributed by atoms with Gasteiger partial charge in [-0.15, -0.1) is 0 Å². The van der Waals surface area contributed by atoms with Crippen LogP contribution in [0.4, 0.5) is 5.69 Å². The summed E-state index contributed by atoms with van der Waals surface area (Å²) in [6, 6.07) is 4.97. The Morgan fingerprint density at radius 2 is 1.95 bits per heavy atom. The minimum atomic E-state index is -0.669. The lowest BCUT2D eigenvalue weighted by Gasteiger charge is -2.20. The van der Waals surface area contributed by atoms with Crippen LogP contribution in [0.15, 0.2) is 18.2 Å². The number of rotatable bonds is 7. The van der Waals surface area contributed by atoms with Gasteiger partial charge >= 0.3 is 0 Å². The second-order valence-electron chi connectivity index (χ2n) is 5.57. The first-order valence-corrected chi connectivity index (χ1v) is 7.31. The molecule has 116 valence electrons. The minimum Gasteiger partial charge on any atom is -0.384 e. The average Bonchev–Trinajstić information content (AvgIpc) is 2.42. The Morgan fingerprint density at radius 1 is 1.29 bits per heavy atom. The van der Waals surface area contributed by atoms with E-state index in [4.69, 9.17) is 5.73 Å². The van der Waals surface area contributed by atoms with E-state index in [2.05, 4.69) is 17.6 Å². The number of nitrogens with one attached hydrogen (secondary N) is 2. The van der Waals surface area contributed by atoms with Gasteiger partial charge in [0.2, 0.25) is 5.91 Å². The van der Waals surface area contributed by atoms with E-state index >= 15 is 0 Å². The number of amides is 2. The molecule has 5 heteroatoms. The minimum absolute atomic E-state index is 0.0525. The average molecular weight is 291 g/mol. The van der Waals surface area contributed by atoms with Crippen LogP contribution in [-0.2, 0) is 4.79 Å². The number of aryl methyl sites for hydroxylation is 1. The highest BCUT2D eigenvalue weighted by Crippen LogP contribution is 2.18. The van der Waals surface area contributed by atoms with Gasteiger partial charge in [-0.2, -0.15) is 0 Å². The van der Waals surface area contributed by atoms with Gasteiger partial charge in [-0.3, -0.25) is 9.59 Å². The van der Waals surface area contributed by atoms with Gasteiger partial charge in [0, 0.05) is 12.2 Å². The zero-order chi connectivity index (χ0) is 16.0. The van der Waals surface area contributed by atoms with Crippen molar-refractivity contribution in [3.63, 3.8) is 0 Å². The third-order valence-corrected chi connectivity index (χ3v) is 3.24. The molecular weight excluding hydrogens is 266 g/mol. The highest BCUT2D eigenvalue weighted by atomic mass is 16.2. The Kier molecular flexibility index (Phi) is 6.21. The molecule has 2 amide bonds. The number of hydrogen-bond donors (Lipinski definition) is 3. The topological polar surface area (TPSA) is 84.2 Å². The molecule has 0 heterocycles. The first kappa shape index (κ1) is 17.0. The van der Waals surface area contributed by atoms with Crippen molar-refractivity contribution in [1.82, 2.24) is 5.32 Å². The van der Waals surface area contributed by atoms with Gasteiger partial charge in [0.05, 0.1) is 5.56 Å². The summed E-state index contributed by atoms with van der Waals surface area (Å²) in [5, 5.41) is 5.95. The maximum absolute atomic E-state index is 12.4. The van der Waals surface area contributed by atoms with Crippen LogP contribution in [0.25, 0.3) is 0 Å². The van der Waals surface area contributed by atoms with E-state index < -0.39 is 11.9 Å². The summed E-state index contributed by atoms with van der Waals surface area (Å²) in [6.45, 7) is 8.47. The molecule has 0 aliphatic heterocycles. The van der Waals surface area contributed by atoms with Crippen molar-refractivity contribution < 1.29 is 9.59 Å². The highest BCUT2D eigenvalue weighted by Gasteiger charge is 2.23. The van der Waals surface area contributed by atoms with E-state index in [9.17, 15) is 9.59 Å². The molecular formula is C16H25N3O2. The van der Waals surface area contributed by atoms with Gasteiger partial charge in [-0.1, -0.05) is 32.4 Å². The van der Waals surface area contributed by atoms with Crippen molar-refractivity contribution in [2.45, 2.75) is 40.2 Å². The molecule has 0 spiro atoms. The third-order valence-electron chi connectivity index (χ3n) is 3.24. The van der Waals surface area contributed by atoms with E-state index in [1.54, 1.807) is 0 Å². The molecule has 1 unspecified atom stereocenters. The van der Waals surface area contributed by atoms with E-state index in [1.807, 2.05) is 39.0 Å². The number of primary amides is 1. The van der Waals surface area contributed by atoms with Gasteiger partial charge in [0.15, 0.2) is 0 Å². The van der Waals surface area contributed by atoms with Crippen LogP contribution in [0.2, 0.25) is 0 Å². The van der Waals surface area contributed by atoms with Crippen LogP contribution in [-0.4, -0.2) is 24.4 Å². The Bertz CT molecular complexity index is 512. The van der Waals surface area contributed by atoms with Gasteiger partial charge < -0.3 is 16.4 Å². The van der Waals surface area contributed by atoms with Gasteiger partial charge in [-0.25, -0.2) is 0 Å². The Labute approximate surface area is 126 Å². The molecule has 0 aromatic heterocycles. The normalized spacial score (nSPS) is 12.0. The summed E-state index contributed by atoms with van der Waals surface area (Å²) in [6.07, 6.45) is 0.963. The largest absolute Gasteiger partial charge is 0.384 e. The fourth-order valence-electron chi connectivity index (χ4n) is 2.05. The molecule has 0 radical (unpaired) electrons. The molecule has 0 aliphatic carbocycles. The maximum atomic E-state index is 12.4. The van der Waals surface area contributed by atoms with Crippen LogP contribution in [0.1, 0.15) is 43.1 Å². The molecule has 4 N–H and O–H groups in total. The lowest BCUT2D eigenvalue weighted by Crippen LogP contribution is -2.47. The zero-order valence-electron chi connectivity index (χ0n) is 13.2. The summed E-state index contributed by atoms with van der Waals surface area (Å²) in [5.74, 6) is -0.854. The van der Waals surface area contributed by atoms with Crippen LogP contribution in [0.5, 0.6) is 0 Å². The fourth-order valence-corrected chi connectivity index (χ4v) is 2.05. The molecule has 0 aliphatic rings. The fraction of sp³-hybridized carbons (Fsp3) is 0.500. The first-order valence-electron chi connectivity index (χ1n) is 7.31. The van der Waals surface area contributed by atoms with E-state index in [0.29, 0.717) is 5.56 Å². The second-order valence-corrected chi connectivity index (χ2v) is 5.57. The van der Waals surface area contributed by atoms with Crippen LogP contribution >= 0.6 is 0 Å². The summed E-state index contributed by atoms with van der Waals surface area (Å²) in [4.78, 5) is 23.9. The summed E-state index contributed by atoms with van der Waals surface area (Å²) < 4.78 is 0. The first-order chi connectivity index (χ1) is 9.86. The molecule has 1 aromatic rings. The van der Waals surface area contributed by atoms with Crippen molar-refractivity contribution >= 4 is 17.5 Å². The number of carbonyl (C=O) groups is 2. The van der Waals surface area contributed by atoms with Gasteiger partial charge in [0.25, 0.3) is 5.91 Å². The molecule has 5 nitrogen and oxygen atoms in total. The third kappa shape index (κ3) is 4.77. The van der Waals surface area contributed by atoms with E-state index in [0.717, 1.165) is 24.2 Å². The predicted molar refractivity (Wildman–Crippen MR) is 85.2 cm³/mol. The lowest BCUT2D eigenvalue weighted by atomic mass is 10.0. The van der Waals surface area contributed by atoms with Crippen molar-refractivity contribution in [3.8, 4) is 0 Å². The maximum Gasteiger partial charge on any atom is 0.254 e. The number of benzene rings is 1. The molecule has 1 atom stereocenters. The second kappa shape index (κ2) is 7.67. The van der Waals surface area contributed by atoms with Crippen LogP contribution in [0.3, 0.4) is 0 Å². The molecule has 0 bridgehead atoms. The number of hydrogen-bond acceptors (Lipinski definition) is 3. The number of anilines is 1. The number of nitrogens with two attached hydrogens (primary N) is 1. The molecule has 0 saturated carbocycles. The molecule has 1 rings (SSSR count). The summed E-state index contributed by atoms with van der Waals surface area (Å²) >= 11 is 0. The van der Waals surface area contributed by atoms with Crippen LogP contribution < -0.4 is 16.4 Å². The lowest BCUT2D eigenvalue weighted by molar-refractivity contribution is -0.120. The Hall–Kier alpha value is -2.04. The van der Waals surface area contributed by atoms with E-state index in [1.165, 1.54) is 0 Å². The Balaban J connectivity index is 2.99. The molecule has 21 heavy (non-hydrogen) atoms. The van der Waals surface area contributed by atoms with Crippen molar-refractivity contribution in [3.05, 3.63) is 29.3 Å². The zero-order valence-corrected chi connectivity index (χ0v) is 13.2. The summed E-state index contributed by atoms with van der Waals surface area (Å²) in [5.41, 5.74) is 7.64. The van der Waals surface area contributed by atoms with E-state index in [-0.39, 0.29) is 11.8 Å². The highest BCUT2D eigenvalue weighted by molar-refractivity contribution is 6.01. The van der Waals surface area contributed by atoms with Crippen molar-refractivity contribution in [1.29, 1.82) is 0 Å². The van der Waals surface area contributed by atoms with Crippen molar-refractivity contribution in [2.75, 3.05) is 11.9 Å². The monoisotopic (exact) mass is 291 g/mol. The van der Waals surface area contributed by atoms with Gasteiger partial charge in [0.1, 0.15) is 6.04 Å². The molecule has 1 aromatic carbocycles. The van der Waals surface area contributed by atoms with Crippen molar-refractivity contribution in [2.24, 2.45) is 11.7 Å². The van der Waals surface area contributed by atoms with Gasteiger partial charge in [-0.05, 0) is 31.4 Å². The van der Waals surface area contributed by atoms with Crippen LogP contribution in [0, 0.1) is 12.8 Å². The summed E-state index contributed by atoms with van der Waals surface area (Å²) in [7, 11) is 0.